The first kappa shape index (κ1) is 26.3. The highest BCUT2D eigenvalue weighted by molar-refractivity contribution is 6.34. The molecule has 1 saturated carbocycles. The summed E-state index contributed by atoms with van der Waals surface area (Å²) in [5, 5.41) is 16.5. The van der Waals surface area contributed by atoms with E-state index in [4.69, 9.17) is 16.3 Å². The lowest BCUT2D eigenvalue weighted by molar-refractivity contribution is -0.139. The van der Waals surface area contributed by atoms with E-state index in [0.717, 1.165) is 5.56 Å². The number of hydrogen-bond acceptors (Lipinski definition) is 5. The zero-order valence-electron chi connectivity index (χ0n) is 20.6. The molecule has 0 aliphatic heterocycles. The molecule has 188 valence electrons. The summed E-state index contributed by atoms with van der Waals surface area (Å²) in [6.45, 7) is 8.36. The second kappa shape index (κ2) is 10.6. The fourth-order valence-corrected chi connectivity index (χ4v) is 4.03. The van der Waals surface area contributed by atoms with E-state index >= 15 is 0 Å². The number of carbonyl (C=O) groups excluding carboxylic acids is 3. The number of halogens is 1. The van der Waals surface area contributed by atoms with Crippen LogP contribution in [-0.2, 0) is 14.3 Å². The molecular formula is C26H32ClN3O5. The number of phenols is 1. The van der Waals surface area contributed by atoms with E-state index < -0.39 is 29.6 Å². The normalized spacial score (nSPS) is 14.1. The maximum absolute atomic E-state index is 13.7. The third-order valence-corrected chi connectivity index (χ3v) is 5.89. The van der Waals surface area contributed by atoms with Crippen LogP contribution in [0.2, 0.25) is 5.02 Å². The number of amides is 3. The molecule has 0 saturated heterocycles. The summed E-state index contributed by atoms with van der Waals surface area (Å²) in [7, 11) is 0. The van der Waals surface area contributed by atoms with Gasteiger partial charge in [-0.05, 0) is 64.7 Å². The van der Waals surface area contributed by atoms with Crippen LogP contribution in [0.15, 0.2) is 36.4 Å². The Labute approximate surface area is 210 Å². The maximum Gasteiger partial charge on any atom is 0.408 e. The standard InChI is InChI=1S/C26H32ClN3O5/c1-15-8-7-11-19(27)21(15)29-24(33)22(18-10-6-9-16(2)23(18)32)30(17-12-13-17)20(31)14-28-25(34)35-26(3,4)5/h6-11,17,22,32H,12-14H2,1-5H3,(H,28,34)(H,29,33). The summed E-state index contributed by atoms with van der Waals surface area (Å²) >= 11 is 6.33. The maximum atomic E-state index is 13.7. The van der Waals surface area contributed by atoms with Crippen molar-refractivity contribution in [2.45, 2.75) is 65.1 Å². The lowest BCUT2D eigenvalue weighted by Crippen LogP contribution is -2.47. The quantitative estimate of drug-likeness (QED) is 0.502. The smallest absolute Gasteiger partial charge is 0.408 e. The van der Waals surface area contributed by atoms with E-state index in [1.807, 2.05) is 13.0 Å². The van der Waals surface area contributed by atoms with Crippen molar-refractivity contribution in [2.24, 2.45) is 0 Å². The van der Waals surface area contributed by atoms with Gasteiger partial charge in [0.2, 0.25) is 5.91 Å². The van der Waals surface area contributed by atoms with Gasteiger partial charge < -0.3 is 25.4 Å². The van der Waals surface area contributed by atoms with Crippen molar-refractivity contribution < 1.29 is 24.2 Å². The molecule has 9 heteroatoms. The van der Waals surface area contributed by atoms with Crippen LogP contribution in [0.25, 0.3) is 0 Å². The van der Waals surface area contributed by atoms with E-state index in [-0.39, 0.29) is 18.3 Å². The topological polar surface area (TPSA) is 108 Å². The van der Waals surface area contributed by atoms with Gasteiger partial charge in [0.05, 0.1) is 10.7 Å². The number of aromatic hydroxyl groups is 1. The number of rotatable bonds is 7. The van der Waals surface area contributed by atoms with Gasteiger partial charge in [0.25, 0.3) is 5.91 Å². The number of aryl methyl sites for hydroxylation is 2. The number of alkyl carbamates (subject to hydrolysis) is 1. The molecule has 1 aliphatic carbocycles. The molecule has 35 heavy (non-hydrogen) atoms. The monoisotopic (exact) mass is 501 g/mol. The van der Waals surface area contributed by atoms with Gasteiger partial charge in [-0.15, -0.1) is 0 Å². The molecule has 3 N–H and O–H groups in total. The average Bonchev–Trinajstić information content (AvgIpc) is 3.59. The lowest BCUT2D eigenvalue weighted by atomic mass is 9.99. The van der Waals surface area contributed by atoms with Crippen LogP contribution in [0.3, 0.4) is 0 Å². The Hall–Kier alpha value is -3.26. The number of ether oxygens (including phenoxy) is 1. The molecule has 1 unspecified atom stereocenters. The van der Waals surface area contributed by atoms with Crippen molar-refractivity contribution in [1.29, 1.82) is 0 Å². The molecule has 0 radical (unpaired) electrons. The summed E-state index contributed by atoms with van der Waals surface area (Å²) in [6, 6.07) is 8.99. The van der Waals surface area contributed by atoms with E-state index in [9.17, 15) is 19.5 Å². The summed E-state index contributed by atoms with van der Waals surface area (Å²) in [6.07, 6.45) is 0.687. The molecular weight excluding hydrogens is 470 g/mol. The molecule has 0 spiro atoms. The predicted octanol–water partition coefficient (Wildman–Crippen LogP) is 4.86. The largest absolute Gasteiger partial charge is 0.507 e. The van der Waals surface area contributed by atoms with Crippen molar-refractivity contribution in [2.75, 3.05) is 11.9 Å². The lowest BCUT2D eigenvalue weighted by Gasteiger charge is -2.32. The highest BCUT2D eigenvalue weighted by Gasteiger charge is 2.42. The number of nitrogens with one attached hydrogen (secondary N) is 2. The predicted molar refractivity (Wildman–Crippen MR) is 135 cm³/mol. The van der Waals surface area contributed by atoms with Crippen molar-refractivity contribution in [3.8, 4) is 5.75 Å². The molecule has 3 rings (SSSR count). The molecule has 2 aromatic rings. The summed E-state index contributed by atoms with van der Waals surface area (Å²) < 4.78 is 5.22. The highest BCUT2D eigenvalue weighted by Crippen LogP contribution is 2.39. The van der Waals surface area contributed by atoms with Gasteiger partial charge in [-0.1, -0.05) is 41.9 Å². The van der Waals surface area contributed by atoms with Gasteiger partial charge in [0, 0.05) is 11.6 Å². The minimum atomic E-state index is -1.13. The fourth-order valence-electron chi connectivity index (χ4n) is 3.77. The van der Waals surface area contributed by atoms with Crippen LogP contribution >= 0.6 is 11.6 Å². The number of nitrogens with zero attached hydrogens (tertiary/aromatic N) is 1. The first-order chi connectivity index (χ1) is 16.4. The van der Waals surface area contributed by atoms with Gasteiger partial charge in [-0.25, -0.2) is 4.79 Å². The molecule has 0 bridgehead atoms. The van der Waals surface area contributed by atoms with Crippen LogP contribution in [0.4, 0.5) is 10.5 Å². The molecule has 0 aromatic heterocycles. The van der Waals surface area contributed by atoms with Crippen LogP contribution < -0.4 is 10.6 Å². The molecule has 1 atom stereocenters. The summed E-state index contributed by atoms with van der Waals surface area (Å²) in [4.78, 5) is 40.6. The summed E-state index contributed by atoms with van der Waals surface area (Å²) in [5.74, 6) is -1.04. The first-order valence-corrected chi connectivity index (χ1v) is 11.9. The number of benzene rings is 2. The third kappa shape index (κ3) is 6.66. The second-order valence-corrected chi connectivity index (χ2v) is 10.1. The van der Waals surface area contributed by atoms with Gasteiger partial charge in [-0.2, -0.15) is 0 Å². The first-order valence-electron chi connectivity index (χ1n) is 11.5. The van der Waals surface area contributed by atoms with Crippen LogP contribution in [0, 0.1) is 13.8 Å². The van der Waals surface area contributed by atoms with Crippen molar-refractivity contribution in [3.05, 3.63) is 58.1 Å². The Balaban J connectivity index is 1.94. The molecule has 3 amide bonds. The highest BCUT2D eigenvalue weighted by atomic mass is 35.5. The van der Waals surface area contributed by atoms with Crippen molar-refractivity contribution in [1.82, 2.24) is 10.2 Å². The van der Waals surface area contributed by atoms with E-state index in [1.54, 1.807) is 58.0 Å². The van der Waals surface area contributed by atoms with Gasteiger partial charge in [0.15, 0.2) is 0 Å². The average molecular weight is 502 g/mol. The van der Waals surface area contributed by atoms with Crippen LogP contribution in [0.1, 0.15) is 56.3 Å². The number of phenolic OH excluding ortho intramolecular Hbond substituents is 1. The van der Waals surface area contributed by atoms with E-state index in [2.05, 4.69) is 10.6 Å². The Morgan fingerprint density at radius 3 is 2.34 bits per heavy atom. The summed E-state index contributed by atoms with van der Waals surface area (Å²) in [5.41, 5.74) is 1.35. The van der Waals surface area contributed by atoms with Gasteiger partial charge >= 0.3 is 6.09 Å². The van der Waals surface area contributed by atoms with E-state index in [0.29, 0.717) is 34.7 Å². The molecule has 0 heterocycles. The third-order valence-electron chi connectivity index (χ3n) is 5.57. The minimum absolute atomic E-state index is 0.0675. The Bertz CT molecular complexity index is 1100. The molecule has 1 fully saturated rings. The second-order valence-electron chi connectivity index (χ2n) is 9.72. The van der Waals surface area contributed by atoms with Gasteiger partial charge in [-0.3, -0.25) is 9.59 Å². The minimum Gasteiger partial charge on any atom is -0.507 e. The van der Waals surface area contributed by atoms with E-state index in [1.165, 1.54) is 4.90 Å². The fraction of sp³-hybridized carbons (Fsp3) is 0.423. The zero-order chi connectivity index (χ0) is 25.9. The number of carbonyl (C=O) groups is 3. The molecule has 1 aliphatic rings. The Morgan fingerprint density at radius 2 is 1.74 bits per heavy atom. The zero-order valence-corrected chi connectivity index (χ0v) is 21.4. The Morgan fingerprint density at radius 1 is 1.11 bits per heavy atom. The van der Waals surface area contributed by atoms with Crippen molar-refractivity contribution in [3.63, 3.8) is 0 Å². The van der Waals surface area contributed by atoms with Crippen LogP contribution in [0.5, 0.6) is 5.75 Å². The van der Waals surface area contributed by atoms with Crippen molar-refractivity contribution >= 4 is 35.2 Å². The number of anilines is 1. The number of hydrogen-bond donors (Lipinski definition) is 3. The SMILES string of the molecule is Cc1cccc(C(C(=O)Nc2c(C)cccc2Cl)N(C(=O)CNC(=O)OC(C)(C)C)C2CC2)c1O. The molecule has 8 nitrogen and oxygen atoms in total. The Kier molecular flexibility index (Phi) is 7.95. The molecule has 2 aromatic carbocycles. The number of para-hydroxylation sites is 2. The van der Waals surface area contributed by atoms with Gasteiger partial charge in [0.1, 0.15) is 23.9 Å². The van der Waals surface area contributed by atoms with Crippen LogP contribution in [-0.4, -0.2) is 46.1 Å².